The van der Waals surface area contributed by atoms with Crippen LogP contribution < -0.4 is 0 Å². The summed E-state index contributed by atoms with van der Waals surface area (Å²) in [5, 5.41) is 16.9. The van der Waals surface area contributed by atoms with E-state index in [0.717, 1.165) is 12.1 Å². The van der Waals surface area contributed by atoms with E-state index in [9.17, 15) is 13.6 Å². The molecule has 0 heterocycles. The minimum absolute atomic E-state index is 0.443. The van der Waals surface area contributed by atoms with Crippen LogP contribution in [0.1, 0.15) is 11.7 Å². The molecule has 3 nitrogen and oxygen atoms in total. The molecule has 1 atom stereocenters. The highest BCUT2D eigenvalue weighted by Crippen LogP contribution is 2.26. The number of carboxylic acid groups (broad SMARTS) is 1. The highest BCUT2D eigenvalue weighted by Gasteiger charge is 2.25. The Bertz CT molecular complexity index is 381. The first-order valence-electron chi connectivity index (χ1n) is 3.49. The number of benzene rings is 1. The van der Waals surface area contributed by atoms with Crippen molar-refractivity contribution >= 4 is 17.6 Å². The van der Waals surface area contributed by atoms with Gasteiger partial charge in [-0.05, 0) is 12.1 Å². The molecule has 0 saturated heterocycles. The van der Waals surface area contributed by atoms with E-state index in [2.05, 4.69) is 0 Å². The van der Waals surface area contributed by atoms with Gasteiger partial charge in [-0.25, -0.2) is 13.6 Å². The SMILES string of the molecule is O=C(O)[C@H](O)c1c(F)ccc(Cl)c1F. The number of carboxylic acids is 1. The maximum Gasteiger partial charge on any atom is 0.337 e. The van der Waals surface area contributed by atoms with Crippen LogP contribution in [-0.2, 0) is 4.79 Å². The average molecular weight is 223 g/mol. The molecule has 6 heteroatoms. The molecule has 0 aliphatic carbocycles. The van der Waals surface area contributed by atoms with Crippen molar-refractivity contribution < 1.29 is 23.8 Å². The van der Waals surface area contributed by atoms with Crippen LogP contribution in [-0.4, -0.2) is 16.2 Å². The van der Waals surface area contributed by atoms with Crippen molar-refractivity contribution in [3.8, 4) is 0 Å². The molecule has 0 bridgehead atoms. The van der Waals surface area contributed by atoms with Crippen LogP contribution in [0.5, 0.6) is 0 Å². The quantitative estimate of drug-likeness (QED) is 0.750. The lowest BCUT2D eigenvalue weighted by Gasteiger charge is -2.08. The van der Waals surface area contributed by atoms with Gasteiger partial charge in [0.1, 0.15) is 5.82 Å². The van der Waals surface area contributed by atoms with Crippen molar-refractivity contribution in [1.82, 2.24) is 0 Å². The van der Waals surface area contributed by atoms with E-state index in [0.29, 0.717) is 0 Å². The number of aliphatic hydroxyl groups excluding tert-OH is 1. The van der Waals surface area contributed by atoms with Crippen molar-refractivity contribution in [3.63, 3.8) is 0 Å². The first-order valence-corrected chi connectivity index (χ1v) is 3.87. The molecule has 0 aromatic heterocycles. The molecule has 0 aliphatic heterocycles. The molecule has 2 N–H and O–H groups in total. The van der Waals surface area contributed by atoms with Gasteiger partial charge in [-0.15, -0.1) is 0 Å². The predicted octanol–water partition coefficient (Wildman–Crippen LogP) is 1.74. The van der Waals surface area contributed by atoms with E-state index in [1.165, 1.54) is 0 Å². The lowest BCUT2D eigenvalue weighted by Crippen LogP contribution is -2.14. The van der Waals surface area contributed by atoms with Gasteiger partial charge in [0.25, 0.3) is 0 Å². The van der Waals surface area contributed by atoms with Gasteiger partial charge in [0.15, 0.2) is 11.9 Å². The molecule has 0 unspecified atom stereocenters. The maximum atomic E-state index is 13.1. The van der Waals surface area contributed by atoms with Crippen LogP contribution in [0.3, 0.4) is 0 Å². The Morgan fingerprint density at radius 3 is 2.50 bits per heavy atom. The fourth-order valence-corrected chi connectivity index (χ4v) is 1.08. The summed E-state index contributed by atoms with van der Waals surface area (Å²) in [6, 6.07) is 1.72. The molecule has 0 aliphatic rings. The average Bonchev–Trinajstić information content (AvgIpc) is 2.12. The third-order valence-corrected chi connectivity index (χ3v) is 1.88. The molecule has 1 rings (SSSR count). The molecule has 14 heavy (non-hydrogen) atoms. The summed E-state index contributed by atoms with van der Waals surface area (Å²) in [6.07, 6.45) is -2.26. The van der Waals surface area contributed by atoms with Crippen LogP contribution in [0.4, 0.5) is 8.78 Å². The molecule has 1 aromatic carbocycles. The van der Waals surface area contributed by atoms with Gasteiger partial charge in [0.2, 0.25) is 0 Å². The van der Waals surface area contributed by atoms with E-state index in [1.807, 2.05) is 0 Å². The van der Waals surface area contributed by atoms with Crippen molar-refractivity contribution in [2.75, 3.05) is 0 Å². The van der Waals surface area contributed by atoms with E-state index < -0.39 is 34.3 Å². The van der Waals surface area contributed by atoms with Gasteiger partial charge in [-0.1, -0.05) is 11.6 Å². The number of aliphatic hydroxyl groups is 1. The smallest absolute Gasteiger partial charge is 0.337 e. The van der Waals surface area contributed by atoms with E-state index in [1.54, 1.807) is 0 Å². The van der Waals surface area contributed by atoms with E-state index in [-0.39, 0.29) is 0 Å². The second-order valence-corrected chi connectivity index (χ2v) is 2.90. The molecule has 0 spiro atoms. The molecule has 0 saturated carbocycles. The minimum atomic E-state index is -2.26. The Morgan fingerprint density at radius 1 is 1.43 bits per heavy atom. The van der Waals surface area contributed by atoms with E-state index in [4.69, 9.17) is 21.8 Å². The zero-order valence-corrected chi connectivity index (χ0v) is 7.42. The van der Waals surface area contributed by atoms with Crippen molar-refractivity contribution in [2.24, 2.45) is 0 Å². The van der Waals surface area contributed by atoms with Gasteiger partial charge >= 0.3 is 5.97 Å². The topological polar surface area (TPSA) is 57.5 Å². The van der Waals surface area contributed by atoms with Crippen LogP contribution in [0.25, 0.3) is 0 Å². The van der Waals surface area contributed by atoms with Crippen molar-refractivity contribution in [3.05, 3.63) is 34.4 Å². The highest BCUT2D eigenvalue weighted by atomic mass is 35.5. The summed E-state index contributed by atoms with van der Waals surface area (Å²) in [5.74, 6) is -4.16. The minimum Gasteiger partial charge on any atom is -0.479 e. The zero-order valence-electron chi connectivity index (χ0n) is 6.67. The molecular weight excluding hydrogens is 218 g/mol. The monoisotopic (exact) mass is 222 g/mol. The van der Waals surface area contributed by atoms with Gasteiger partial charge in [0, 0.05) is 0 Å². The Balaban J connectivity index is 3.32. The van der Waals surface area contributed by atoms with Crippen molar-refractivity contribution in [2.45, 2.75) is 6.10 Å². The summed E-state index contributed by atoms with van der Waals surface area (Å²) in [7, 11) is 0. The number of rotatable bonds is 2. The molecule has 1 aromatic rings. The zero-order chi connectivity index (χ0) is 10.9. The summed E-state index contributed by atoms with van der Waals surface area (Å²) in [5.41, 5.74) is -0.954. The Morgan fingerprint density at radius 2 is 2.00 bits per heavy atom. The van der Waals surface area contributed by atoms with E-state index >= 15 is 0 Å². The predicted molar refractivity (Wildman–Crippen MR) is 44.0 cm³/mol. The van der Waals surface area contributed by atoms with Crippen molar-refractivity contribution in [1.29, 1.82) is 0 Å². The first kappa shape index (κ1) is 10.9. The normalized spacial score (nSPS) is 12.6. The Kier molecular flexibility index (Phi) is 3.03. The number of aliphatic carboxylic acids is 1. The first-order chi connectivity index (χ1) is 6.45. The fraction of sp³-hybridized carbons (Fsp3) is 0.125. The number of halogens is 3. The second-order valence-electron chi connectivity index (χ2n) is 2.50. The fourth-order valence-electron chi connectivity index (χ4n) is 0.917. The van der Waals surface area contributed by atoms with Crippen LogP contribution in [0.2, 0.25) is 5.02 Å². The summed E-state index contributed by atoms with van der Waals surface area (Å²) in [4.78, 5) is 10.3. The third kappa shape index (κ3) is 1.83. The standard InChI is InChI=1S/C8H5ClF2O3/c9-3-1-2-4(10)5(6(3)11)7(12)8(13)14/h1-2,7,12H,(H,13,14)/t7-/m1/s1. The summed E-state index contributed by atoms with van der Waals surface area (Å²) < 4.78 is 26.0. The highest BCUT2D eigenvalue weighted by molar-refractivity contribution is 6.30. The summed E-state index contributed by atoms with van der Waals surface area (Å²) in [6.45, 7) is 0. The van der Waals surface area contributed by atoms with Gasteiger partial charge in [0.05, 0.1) is 10.6 Å². The Labute approximate surface area is 82.5 Å². The number of hydrogen-bond acceptors (Lipinski definition) is 2. The van der Waals surface area contributed by atoms with Crippen LogP contribution in [0.15, 0.2) is 12.1 Å². The molecular formula is C8H5ClF2O3. The van der Waals surface area contributed by atoms with Gasteiger partial charge in [-0.2, -0.15) is 0 Å². The molecule has 0 radical (unpaired) electrons. The number of hydrogen-bond donors (Lipinski definition) is 2. The Hall–Kier alpha value is -1.20. The summed E-state index contributed by atoms with van der Waals surface area (Å²) >= 11 is 5.29. The number of carbonyl (C=O) groups is 1. The largest absolute Gasteiger partial charge is 0.479 e. The molecule has 0 amide bonds. The lowest BCUT2D eigenvalue weighted by molar-refractivity contribution is -0.147. The van der Waals surface area contributed by atoms with Crippen LogP contribution >= 0.6 is 11.6 Å². The van der Waals surface area contributed by atoms with Crippen LogP contribution in [0, 0.1) is 11.6 Å². The molecule has 0 fully saturated rings. The molecule has 76 valence electrons. The maximum absolute atomic E-state index is 13.1. The lowest BCUT2D eigenvalue weighted by atomic mass is 10.1. The second kappa shape index (κ2) is 3.89. The third-order valence-electron chi connectivity index (χ3n) is 1.59. The van der Waals surface area contributed by atoms with Gasteiger partial charge in [-0.3, -0.25) is 0 Å². The van der Waals surface area contributed by atoms with Gasteiger partial charge < -0.3 is 10.2 Å².